The molecule has 1 rings (SSSR count). The molecule has 0 aliphatic carbocycles. The van der Waals surface area contributed by atoms with Gasteiger partial charge in [0.15, 0.2) is 0 Å². The van der Waals surface area contributed by atoms with Crippen LogP contribution >= 0.6 is 24.0 Å². The molecule has 1 aromatic heterocycles. The highest BCUT2D eigenvalue weighted by Gasteiger charge is 2.08. The maximum Gasteiger partial charge on any atom is 0.133 e. The van der Waals surface area contributed by atoms with Crippen LogP contribution < -0.4 is 5.32 Å². The van der Waals surface area contributed by atoms with E-state index in [9.17, 15) is 0 Å². The van der Waals surface area contributed by atoms with Gasteiger partial charge in [0, 0.05) is 18.3 Å². The number of pyridine rings is 1. The van der Waals surface area contributed by atoms with Gasteiger partial charge in [0.25, 0.3) is 0 Å². The molecule has 0 saturated heterocycles. The normalized spacial score (nSPS) is 11.0. The minimum absolute atomic E-state index is 0. The van der Waals surface area contributed by atoms with E-state index in [1.54, 1.807) is 6.20 Å². The Labute approximate surface area is 109 Å². The summed E-state index contributed by atoms with van der Waals surface area (Å²) in [6.07, 6.45) is 2.87. The molecule has 4 heteroatoms. The average Bonchev–Trinajstić information content (AvgIpc) is 2.13. The Bertz CT molecular complexity index is 308. The largest absolute Gasteiger partial charge is 0.313 e. The lowest BCUT2D eigenvalue weighted by Crippen LogP contribution is -2.20. The van der Waals surface area contributed by atoms with Gasteiger partial charge in [-0.2, -0.15) is 0 Å². The van der Waals surface area contributed by atoms with Crippen molar-refractivity contribution in [3.8, 4) is 0 Å². The first-order valence-corrected chi connectivity index (χ1v) is 5.67. The lowest BCUT2D eigenvalue weighted by Gasteiger charge is -2.18. The van der Waals surface area contributed by atoms with Crippen LogP contribution in [-0.2, 0) is 6.54 Å². The fourth-order valence-electron chi connectivity index (χ4n) is 1.24. The van der Waals surface area contributed by atoms with Crippen molar-refractivity contribution in [3.05, 3.63) is 29.0 Å². The maximum atomic E-state index is 5.94. The Morgan fingerprint density at radius 1 is 1.38 bits per heavy atom. The molecule has 0 radical (unpaired) electrons. The molecular weight excluding hydrogens is 243 g/mol. The molecule has 0 aliphatic heterocycles. The SMILES string of the molecule is CC(C)(C)CCNCc1cccnc1Cl.Cl. The van der Waals surface area contributed by atoms with Crippen molar-refractivity contribution in [1.82, 2.24) is 10.3 Å². The molecule has 16 heavy (non-hydrogen) atoms. The molecule has 2 nitrogen and oxygen atoms in total. The molecule has 0 aliphatic rings. The molecule has 0 aromatic carbocycles. The smallest absolute Gasteiger partial charge is 0.133 e. The van der Waals surface area contributed by atoms with Gasteiger partial charge in [0.05, 0.1) is 0 Å². The third-order valence-corrected chi connectivity index (χ3v) is 2.54. The van der Waals surface area contributed by atoms with Gasteiger partial charge in [-0.05, 0) is 24.4 Å². The minimum Gasteiger partial charge on any atom is -0.313 e. The molecule has 1 N–H and O–H groups in total. The van der Waals surface area contributed by atoms with Crippen molar-refractivity contribution < 1.29 is 0 Å². The topological polar surface area (TPSA) is 24.9 Å². The van der Waals surface area contributed by atoms with Crippen molar-refractivity contribution in [3.63, 3.8) is 0 Å². The van der Waals surface area contributed by atoms with Gasteiger partial charge in [-0.25, -0.2) is 4.98 Å². The number of aromatic nitrogens is 1. The van der Waals surface area contributed by atoms with E-state index in [2.05, 4.69) is 31.1 Å². The zero-order valence-corrected chi connectivity index (χ0v) is 11.7. The third kappa shape index (κ3) is 6.31. The van der Waals surface area contributed by atoms with Gasteiger partial charge in [-0.15, -0.1) is 12.4 Å². The fraction of sp³-hybridized carbons (Fsp3) is 0.583. The van der Waals surface area contributed by atoms with E-state index < -0.39 is 0 Å². The molecule has 0 bridgehead atoms. The Kier molecular flexibility index (Phi) is 6.96. The van der Waals surface area contributed by atoms with E-state index in [-0.39, 0.29) is 12.4 Å². The highest BCUT2D eigenvalue weighted by molar-refractivity contribution is 6.30. The molecule has 1 aromatic rings. The van der Waals surface area contributed by atoms with E-state index in [0.717, 1.165) is 25.1 Å². The van der Waals surface area contributed by atoms with E-state index >= 15 is 0 Å². The Morgan fingerprint density at radius 2 is 2.06 bits per heavy atom. The molecule has 0 fully saturated rings. The second kappa shape index (κ2) is 7.10. The first-order chi connectivity index (χ1) is 6.99. The average molecular weight is 263 g/mol. The van der Waals surface area contributed by atoms with Crippen LogP contribution in [0.15, 0.2) is 18.3 Å². The van der Waals surface area contributed by atoms with Gasteiger partial charge in [0.2, 0.25) is 0 Å². The second-order valence-corrected chi connectivity index (χ2v) is 5.30. The van der Waals surface area contributed by atoms with Crippen LogP contribution in [0.4, 0.5) is 0 Å². The lowest BCUT2D eigenvalue weighted by atomic mass is 9.92. The molecule has 1 heterocycles. The number of hydrogen-bond donors (Lipinski definition) is 1. The van der Waals surface area contributed by atoms with E-state index in [0.29, 0.717) is 10.6 Å². The Morgan fingerprint density at radius 3 is 2.62 bits per heavy atom. The number of nitrogens with one attached hydrogen (secondary N) is 1. The monoisotopic (exact) mass is 262 g/mol. The summed E-state index contributed by atoms with van der Waals surface area (Å²) in [5, 5.41) is 3.97. The first-order valence-electron chi connectivity index (χ1n) is 5.29. The summed E-state index contributed by atoms with van der Waals surface area (Å²) >= 11 is 5.94. The number of nitrogens with zero attached hydrogens (tertiary/aromatic N) is 1. The predicted octanol–water partition coefficient (Wildman–Crippen LogP) is 3.68. The molecule has 0 saturated carbocycles. The highest BCUT2D eigenvalue weighted by atomic mass is 35.5. The standard InChI is InChI=1S/C12H19ClN2.ClH/c1-12(2,3)6-8-14-9-10-5-4-7-15-11(10)13;/h4-5,7,14H,6,8-9H2,1-3H3;1H. The molecule has 0 spiro atoms. The highest BCUT2D eigenvalue weighted by Crippen LogP contribution is 2.17. The second-order valence-electron chi connectivity index (χ2n) is 4.94. The summed E-state index contributed by atoms with van der Waals surface area (Å²) in [6, 6.07) is 3.91. The third-order valence-electron chi connectivity index (χ3n) is 2.20. The maximum absolute atomic E-state index is 5.94. The predicted molar refractivity (Wildman–Crippen MR) is 72.3 cm³/mol. The van der Waals surface area contributed by atoms with Crippen molar-refractivity contribution in [2.75, 3.05) is 6.54 Å². The van der Waals surface area contributed by atoms with Crippen LogP contribution in [0.25, 0.3) is 0 Å². The van der Waals surface area contributed by atoms with E-state index in [1.807, 2.05) is 12.1 Å². The van der Waals surface area contributed by atoms with E-state index in [1.165, 1.54) is 0 Å². The molecular formula is C12H20Cl2N2. The summed E-state index contributed by atoms with van der Waals surface area (Å²) in [5.41, 5.74) is 1.44. The first kappa shape index (κ1) is 15.7. The van der Waals surface area contributed by atoms with Crippen molar-refractivity contribution >= 4 is 24.0 Å². The molecule has 0 amide bonds. The minimum atomic E-state index is 0. The van der Waals surface area contributed by atoms with Gasteiger partial charge < -0.3 is 5.32 Å². The molecule has 0 atom stereocenters. The zero-order chi connectivity index (χ0) is 11.3. The lowest BCUT2D eigenvalue weighted by molar-refractivity contribution is 0.366. The van der Waals surface area contributed by atoms with Crippen LogP contribution in [0, 0.1) is 5.41 Å². The summed E-state index contributed by atoms with van der Waals surface area (Å²) in [6.45, 7) is 8.53. The quantitative estimate of drug-likeness (QED) is 0.662. The van der Waals surface area contributed by atoms with Gasteiger partial charge in [-0.1, -0.05) is 38.4 Å². The van der Waals surface area contributed by atoms with Crippen LogP contribution in [-0.4, -0.2) is 11.5 Å². The fourth-order valence-corrected chi connectivity index (χ4v) is 1.42. The van der Waals surface area contributed by atoms with Crippen LogP contribution in [0.5, 0.6) is 0 Å². The van der Waals surface area contributed by atoms with E-state index in [4.69, 9.17) is 11.6 Å². The Hall–Kier alpha value is -0.310. The summed E-state index contributed by atoms with van der Waals surface area (Å²) in [4.78, 5) is 4.03. The summed E-state index contributed by atoms with van der Waals surface area (Å²) < 4.78 is 0. The summed E-state index contributed by atoms with van der Waals surface area (Å²) in [5.74, 6) is 0. The molecule has 0 unspecified atom stereocenters. The summed E-state index contributed by atoms with van der Waals surface area (Å²) in [7, 11) is 0. The molecule has 92 valence electrons. The number of hydrogen-bond acceptors (Lipinski definition) is 2. The van der Waals surface area contributed by atoms with Gasteiger partial charge in [0.1, 0.15) is 5.15 Å². The number of rotatable bonds is 4. The van der Waals surface area contributed by atoms with Crippen LogP contribution in [0.1, 0.15) is 32.8 Å². The van der Waals surface area contributed by atoms with Crippen LogP contribution in [0.2, 0.25) is 5.15 Å². The Balaban J connectivity index is 0.00000225. The zero-order valence-electron chi connectivity index (χ0n) is 10.1. The van der Waals surface area contributed by atoms with Crippen molar-refractivity contribution in [1.29, 1.82) is 0 Å². The van der Waals surface area contributed by atoms with Crippen molar-refractivity contribution in [2.45, 2.75) is 33.7 Å². The van der Waals surface area contributed by atoms with Crippen molar-refractivity contribution in [2.24, 2.45) is 5.41 Å². The van der Waals surface area contributed by atoms with Crippen LogP contribution in [0.3, 0.4) is 0 Å². The van der Waals surface area contributed by atoms with Gasteiger partial charge in [-0.3, -0.25) is 0 Å². The number of halogens is 2. The van der Waals surface area contributed by atoms with Gasteiger partial charge >= 0.3 is 0 Å².